The number of hydrogen-bond acceptors (Lipinski definition) is 4. The molecule has 2 rings (SSSR count). The topological polar surface area (TPSA) is 67.6 Å². The molecule has 0 amide bonds. The number of anilines is 1. The standard InChI is InChI=1S/C18H21N3O3S/c1-4-24-17-10-8-15(9-11-17)19-18(25)20(3)13(2)14-6-5-7-16(12-14)21(22)23/h5-13H,4H2,1-3H3,(H,19,25)/t13-/m1/s1. The van der Waals surface area contributed by atoms with Crippen LogP contribution in [0.15, 0.2) is 48.5 Å². The summed E-state index contributed by atoms with van der Waals surface area (Å²) in [6.07, 6.45) is 0. The van der Waals surface area contributed by atoms with Crippen LogP contribution in [0.3, 0.4) is 0 Å². The molecule has 6 nitrogen and oxygen atoms in total. The van der Waals surface area contributed by atoms with E-state index in [0.29, 0.717) is 11.7 Å². The van der Waals surface area contributed by atoms with Gasteiger partial charge in [0, 0.05) is 24.9 Å². The van der Waals surface area contributed by atoms with Gasteiger partial charge < -0.3 is 15.0 Å². The van der Waals surface area contributed by atoms with Gasteiger partial charge in [-0.2, -0.15) is 0 Å². The van der Waals surface area contributed by atoms with E-state index in [2.05, 4.69) is 5.32 Å². The maximum absolute atomic E-state index is 10.9. The van der Waals surface area contributed by atoms with Crippen LogP contribution in [0.5, 0.6) is 5.75 Å². The highest BCUT2D eigenvalue weighted by molar-refractivity contribution is 7.80. The molecule has 0 saturated heterocycles. The molecular formula is C18H21N3O3S. The summed E-state index contributed by atoms with van der Waals surface area (Å²) >= 11 is 5.45. The van der Waals surface area contributed by atoms with Gasteiger partial charge in [0.05, 0.1) is 17.6 Å². The first-order chi connectivity index (χ1) is 11.9. The lowest BCUT2D eigenvalue weighted by atomic mass is 10.1. The van der Waals surface area contributed by atoms with Crippen LogP contribution in [0.1, 0.15) is 25.5 Å². The SMILES string of the molecule is CCOc1ccc(NC(=S)N(C)[C@H](C)c2cccc([N+](=O)[O-])c2)cc1. The molecule has 0 unspecified atom stereocenters. The van der Waals surface area contributed by atoms with Crippen molar-refractivity contribution in [2.75, 3.05) is 19.0 Å². The van der Waals surface area contributed by atoms with Crippen molar-refractivity contribution < 1.29 is 9.66 Å². The number of nitrogens with zero attached hydrogens (tertiary/aromatic N) is 2. The zero-order valence-electron chi connectivity index (χ0n) is 14.4. The molecule has 0 aliphatic heterocycles. The Balaban J connectivity index is 2.05. The van der Waals surface area contributed by atoms with E-state index in [4.69, 9.17) is 17.0 Å². The fourth-order valence-corrected chi connectivity index (χ4v) is 2.59. The van der Waals surface area contributed by atoms with E-state index < -0.39 is 4.92 Å². The second-order valence-electron chi connectivity index (χ2n) is 5.53. The van der Waals surface area contributed by atoms with E-state index in [1.165, 1.54) is 6.07 Å². The summed E-state index contributed by atoms with van der Waals surface area (Å²) in [5.74, 6) is 0.803. The quantitative estimate of drug-likeness (QED) is 0.469. The lowest BCUT2D eigenvalue weighted by molar-refractivity contribution is -0.384. The molecule has 7 heteroatoms. The van der Waals surface area contributed by atoms with Crippen molar-refractivity contribution in [2.45, 2.75) is 19.9 Å². The molecule has 0 heterocycles. The van der Waals surface area contributed by atoms with E-state index in [-0.39, 0.29) is 11.7 Å². The molecule has 0 spiro atoms. The Morgan fingerprint density at radius 1 is 1.32 bits per heavy atom. The summed E-state index contributed by atoms with van der Waals surface area (Å²) in [6.45, 7) is 4.51. The molecule has 0 bridgehead atoms. The van der Waals surface area contributed by atoms with Gasteiger partial charge in [-0.1, -0.05) is 12.1 Å². The van der Waals surface area contributed by atoms with Gasteiger partial charge in [0.25, 0.3) is 5.69 Å². The zero-order chi connectivity index (χ0) is 18.4. The highest BCUT2D eigenvalue weighted by Crippen LogP contribution is 2.24. The second-order valence-corrected chi connectivity index (χ2v) is 5.91. The number of nitrogens with one attached hydrogen (secondary N) is 1. The van der Waals surface area contributed by atoms with E-state index in [1.807, 2.05) is 56.1 Å². The molecule has 1 N–H and O–H groups in total. The number of hydrogen-bond donors (Lipinski definition) is 1. The summed E-state index contributed by atoms with van der Waals surface area (Å²) in [6, 6.07) is 14.0. The summed E-state index contributed by atoms with van der Waals surface area (Å²) in [5, 5.41) is 14.6. The van der Waals surface area contributed by atoms with E-state index in [9.17, 15) is 10.1 Å². The fraction of sp³-hybridized carbons (Fsp3) is 0.278. The number of nitro groups is 1. The number of ether oxygens (including phenoxy) is 1. The Hall–Kier alpha value is -2.67. The van der Waals surface area contributed by atoms with Gasteiger partial charge in [-0.15, -0.1) is 0 Å². The van der Waals surface area contributed by atoms with Crippen molar-refractivity contribution in [1.82, 2.24) is 4.90 Å². The predicted octanol–water partition coefficient (Wildman–Crippen LogP) is 4.38. The lowest BCUT2D eigenvalue weighted by Gasteiger charge is -2.28. The summed E-state index contributed by atoms with van der Waals surface area (Å²) in [5.41, 5.74) is 1.75. The average molecular weight is 359 g/mol. The first-order valence-corrected chi connectivity index (χ1v) is 8.34. The minimum Gasteiger partial charge on any atom is -0.494 e. The van der Waals surface area contributed by atoms with Crippen molar-refractivity contribution in [3.8, 4) is 5.75 Å². The van der Waals surface area contributed by atoms with Crippen molar-refractivity contribution >= 4 is 28.7 Å². The summed E-state index contributed by atoms with van der Waals surface area (Å²) in [7, 11) is 1.85. The van der Waals surface area contributed by atoms with Gasteiger partial charge in [-0.25, -0.2) is 0 Å². The first-order valence-electron chi connectivity index (χ1n) is 7.93. The van der Waals surface area contributed by atoms with Crippen LogP contribution in [0.4, 0.5) is 11.4 Å². The average Bonchev–Trinajstić information content (AvgIpc) is 2.62. The highest BCUT2D eigenvalue weighted by atomic mass is 32.1. The number of benzene rings is 2. The lowest BCUT2D eigenvalue weighted by Crippen LogP contribution is -2.33. The molecule has 0 saturated carbocycles. The van der Waals surface area contributed by atoms with Crippen LogP contribution >= 0.6 is 12.2 Å². The maximum Gasteiger partial charge on any atom is 0.269 e. The largest absolute Gasteiger partial charge is 0.494 e. The Kier molecular flexibility index (Phi) is 6.30. The molecule has 25 heavy (non-hydrogen) atoms. The molecule has 0 fully saturated rings. The van der Waals surface area contributed by atoms with Gasteiger partial charge in [-0.3, -0.25) is 10.1 Å². The molecule has 1 atom stereocenters. The minimum atomic E-state index is -0.396. The smallest absolute Gasteiger partial charge is 0.269 e. The molecule has 2 aromatic carbocycles. The fourth-order valence-electron chi connectivity index (χ4n) is 2.31. The number of nitro benzene ring substituents is 1. The third kappa shape index (κ3) is 4.90. The van der Waals surface area contributed by atoms with Gasteiger partial charge in [0.1, 0.15) is 5.75 Å². The van der Waals surface area contributed by atoms with Gasteiger partial charge in [0.2, 0.25) is 0 Å². The maximum atomic E-state index is 10.9. The molecule has 0 radical (unpaired) electrons. The van der Waals surface area contributed by atoms with Crippen LogP contribution in [-0.2, 0) is 0 Å². The third-order valence-electron chi connectivity index (χ3n) is 3.88. The minimum absolute atomic E-state index is 0.0724. The molecule has 132 valence electrons. The molecule has 0 aromatic heterocycles. The van der Waals surface area contributed by atoms with Gasteiger partial charge in [0.15, 0.2) is 5.11 Å². The van der Waals surface area contributed by atoms with E-state index in [1.54, 1.807) is 12.1 Å². The van der Waals surface area contributed by atoms with Crippen molar-refractivity contribution in [3.05, 3.63) is 64.2 Å². The van der Waals surface area contributed by atoms with E-state index in [0.717, 1.165) is 17.0 Å². The van der Waals surface area contributed by atoms with Crippen LogP contribution in [0, 0.1) is 10.1 Å². The van der Waals surface area contributed by atoms with Crippen LogP contribution < -0.4 is 10.1 Å². The van der Waals surface area contributed by atoms with E-state index >= 15 is 0 Å². The first kappa shape index (κ1) is 18.7. The number of non-ortho nitro benzene ring substituents is 1. The normalized spacial score (nSPS) is 11.5. The Labute approximate surface area is 152 Å². The zero-order valence-corrected chi connectivity index (χ0v) is 15.2. The molecule has 0 aliphatic carbocycles. The molecular weight excluding hydrogens is 338 g/mol. The summed E-state index contributed by atoms with van der Waals surface area (Å²) in [4.78, 5) is 12.4. The number of thiocarbonyl (C=S) groups is 1. The second kappa shape index (κ2) is 8.43. The number of rotatable bonds is 6. The molecule has 0 aliphatic rings. The Morgan fingerprint density at radius 2 is 2.00 bits per heavy atom. The Morgan fingerprint density at radius 3 is 2.60 bits per heavy atom. The van der Waals surface area contributed by atoms with Crippen LogP contribution in [0.2, 0.25) is 0 Å². The van der Waals surface area contributed by atoms with Crippen LogP contribution in [0.25, 0.3) is 0 Å². The monoisotopic (exact) mass is 359 g/mol. The third-order valence-corrected chi connectivity index (χ3v) is 4.27. The van der Waals surface area contributed by atoms with Gasteiger partial charge >= 0.3 is 0 Å². The summed E-state index contributed by atoms with van der Waals surface area (Å²) < 4.78 is 5.41. The van der Waals surface area contributed by atoms with Crippen LogP contribution in [-0.4, -0.2) is 28.6 Å². The van der Waals surface area contributed by atoms with Crippen molar-refractivity contribution in [1.29, 1.82) is 0 Å². The van der Waals surface area contributed by atoms with Crippen molar-refractivity contribution in [3.63, 3.8) is 0 Å². The molecule has 2 aromatic rings. The Bertz CT molecular complexity index is 749. The highest BCUT2D eigenvalue weighted by Gasteiger charge is 2.17. The predicted molar refractivity (Wildman–Crippen MR) is 103 cm³/mol. The van der Waals surface area contributed by atoms with Crippen molar-refractivity contribution in [2.24, 2.45) is 0 Å². The van der Waals surface area contributed by atoms with Gasteiger partial charge in [-0.05, 0) is 55.9 Å².